The van der Waals surface area contributed by atoms with E-state index in [1.807, 2.05) is 18.2 Å². The number of sulfonamides is 1. The highest BCUT2D eigenvalue weighted by molar-refractivity contribution is 7.89. The molecule has 0 aliphatic carbocycles. The summed E-state index contributed by atoms with van der Waals surface area (Å²) in [5.74, 6) is -0.426. The summed E-state index contributed by atoms with van der Waals surface area (Å²) in [6.07, 6.45) is 0. The third kappa shape index (κ3) is 6.33. The minimum absolute atomic E-state index is 0.181. The molecule has 0 aromatic heterocycles. The smallest absolute Gasteiger partial charge is 0.255 e. The van der Waals surface area contributed by atoms with Gasteiger partial charge in [0, 0.05) is 56.6 Å². The van der Waals surface area contributed by atoms with E-state index in [2.05, 4.69) is 15.5 Å². The highest BCUT2D eigenvalue weighted by Gasteiger charge is 2.28. The van der Waals surface area contributed by atoms with Crippen LogP contribution in [0.4, 0.5) is 11.4 Å². The van der Waals surface area contributed by atoms with Gasteiger partial charge in [0.05, 0.1) is 4.90 Å². The van der Waals surface area contributed by atoms with Crippen molar-refractivity contribution in [3.8, 4) is 0 Å². The SMILES string of the molecule is CC(=O)Nc1cccc(NC(=O)c2cccc(CN3CCN(S(=O)(=O)c4ccccc4)CC3)c2)c1. The van der Waals surface area contributed by atoms with Crippen molar-refractivity contribution in [3.63, 3.8) is 0 Å². The van der Waals surface area contributed by atoms with Crippen LogP contribution in [0.25, 0.3) is 0 Å². The largest absolute Gasteiger partial charge is 0.326 e. The lowest BCUT2D eigenvalue weighted by Crippen LogP contribution is -2.48. The van der Waals surface area contributed by atoms with Crippen molar-refractivity contribution >= 4 is 33.2 Å². The highest BCUT2D eigenvalue weighted by Crippen LogP contribution is 2.19. The Hall–Kier alpha value is -3.53. The summed E-state index contributed by atoms with van der Waals surface area (Å²) in [5.41, 5.74) is 2.70. The molecule has 2 amide bonds. The van der Waals surface area contributed by atoms with Crippen LogP contribution in [0.1, 0.15) is 22.8 Å². The van der Waals surface area contributed by atoms with E-state index in [1.54, 1.807) is 60.7 Å². The average Bonchev–Trinajstić information content (AvgIpc) is 2.85. The van der Waals surface area contributed by atoms with E-state index in [1.165, 1.54) is 11.2 Å². The fraction of sp³-hybridized carbons (Fsp3) is 0.231. The standard InChI is InChI=1S/C26H28N4O4S/c1-20(31)27-23-9-6-10-24(18-23)28-26(32)22-8-5-7-21(17-22)19-29-13-15-30(16-14-29)35(33,34)25-11-3-2-4-12-25/h2-12,17-18H,13-16,19H2,1H3,(H,27,31)(H,28,32). The molecule has 2 N–H and O–H groups in total. The summed E-state index contributed by atoms with van der Waals surface area (Å²) in [4.78, 5) is 26.6. The first kappa shape index (κ1) is 24.6. The molecule has 0 unspecified atom stereocenters. The molecule has 3 aromatic carbocycles. The van der Waals surface area contributed by atoms with Crippen molar-refractivity contribution in [2.24, 2.45) is 0 Å². The molecule has 1 aliphatic rings. The molecule has 182 valence electrons. The summed E-state index contributed by atoms with van der Waals surface area (Å²) in [6.45, 7) is 4.11. The molecule has 1 fully saturated rings. The molecule has 0 radical (unpaired) electrons. The topological polar surface area (TPSA) is 98.8 Å². The monoisotopic (exact) mass is 492 g/mol. The lowest BCUT2D eigenvalue weighted by Gasteiger charge is -2.34. The lowest BCUT2D eigenvalue weighted by atomic mass is 10.1. The summed E-state index contributed by atoms with van der Waals surface area (Å²) in [6, 6.07) is 22.9. The molecule has 35 heavy (non-hydrogen) atoms. The molecule has 0 atom stereocenters. The Bertz CT molecular complexity index is 1300. The van der Waals surface area contributed by atoms with Crippen molar-refractivity contribution in [1.29, 1.82) is 0 Å². The van der Waals surface area contributed by atoms with Crippen molar-refractivity contribution in [3.05, 3.63) is 90.0 Å². The zero-order valence-electron chi connectivity index (χ0n) is 19.5. The number of anilines is 2. The molecule has 0 saturated carbocycles. The number of hydrogen-bond acceptors (Lipinski definition) is 5. The first-order chi connectivity index (χ1) is 16.8. The first-order valence-electron chi connectivity index (χ1n) is 11.4. The first-order valence-corrected chi connectivity index (χ1v) is 12.8. The van der Waals surface area contributed by atoms with Crippen LogP contribution in [-0.4, -0.2) is 55.6 Å². The summed E-state index contributed by atoms with van der Waals surface area (Å²) < 4.78 is 27.2. The van der Waals surface area contributed by atoms with Gasteiger partial charge in [-0.05, 0) is 48.0 Å². The number of amides is 2. The van der Waals surface area contributed by atoms with Gasteiger partial charge in [-0.3, -0.25) is 14.5 Å². The zero-order chi connectivity index (χ0) is 24.8. The number of nitrogens with one attached hydrogen (secondary N) is 2. The van der Waals surface area contributed by atoms with Crippen LogP contribution in [0.3, 0.4) is 0 Å². The van der Waals surface area contributed by atoms with Gasteiger partial charge < -0.3 is 10.6 Å². The van der Waals surface area contributed by atoms with E-state index in [0.717, 1.165) is 5.56 Å². The van der Waals surface area contributed by atoms with E-state index in [-0.39, 0.29) is 11.8 Å². The molecule has 3 aromatic rings. The summed E-state index contributed by atoms with van der Waals surface area (Å²) in [7, 11) is -3.49. The van der Waals surface area contributed by atoms with Gasteiger partial charge in [-0.1, -0.05) is 36.4 Å². The Balaban J connectivity index is 1.35. The maximum atomic E-state index is 12.8. The van der Waals surface area contributed by atoms with Gasteiger partial charge in [-0.15, -0.1) is 0 Å². The number of piperazine rings is 1. The molecule has 0 spiro atoms. The van der Waals surface area contributed by atoms with E-state index >= 15 is 0 Å². The second kappa shape index (κ2) is 10.8. The van der Waals surface area contributed by atoms with Crippen LogP contribution < -0.4 is 10.6 Å². The van der Waals surface area contributed by atoms with Gasteiger partial charge in [0.2, 0.25) is 15.9 Å². The Labute approximate surface area is 205 Å². The average molecular weight is 493 g/mol. The van der Waals surface area contributed by atoms with Crippen molar-refractivity contribution < 1.29 is 18.0 Å². The normalized spacial score (nSPS) is 14.9. The van der Waals surface area contributed by atoms with Crippen LogP contribution >= 0.6 is 0 Å². The molecular weight excluding hydrogens is 464 g/mol. The Morgan fingerprint density at radius 2 is 1.46 bits per heavy atom. The van der Waals surface area contributed by atoms with Crippen molar-refractivity contribution in [2.75, 3.05) is 36.8 Å². The van der Waals surface area contributed by atoms with Crippen LogP contribution in [0.2, 0.25) is 0 Å². The Kier molecular flexibility index (Phi) is 7.60. The van der Waals surface area contributed by atoms with E-state index in [0.29, 0.717) is 54.6 Å². The van der Waals surface area contributed by atoms with Crippen molar-refractivity contribution in [2.45, 2.75) is 18.4 Å². The van der Waals surface area contributed by atoms with E-state index in [4.69, 9.17) is 0 Å². The van der Waals surface area contributed by atoms with Crippen LogP contribution in [0.5, 0.6) is 0 Å². The predicted molar refractivity (Wildman–Crippen MR) is 136 cm³/mol. The van der Waals surface area contributed by atoms with Crippen LogP contribution in [0, 0.1) is 0 Å². The highest BCUT2D eigenvalue weighted by atomic mass is 32.2. The molecule has 8 nitrogen and oxygen atoms in total. The van der Waals surface area contributed by atoms with Gasteiger partial charge in [-0.2, -0.15) is 4.31 Å². The molecule has 1 aliphatic heterocycles. The quantitative estimate of drug-likeness (QED) is 0.527. The molecule has 9 heteroatoms. The third-order valence-corrected chi connectivity index (χ3v) is 7.66. The zero-order valence-corrected chi connectivity index (χ0v) is 20.3. The van der Waals surface area contributed by atoms with Crippen LogP contribution in [0.15, 0.2) is 83.8 Å². The van der Waals surface area contributed by atoms with Crippen LogP contribution in [-0.2, 0) is 21.4 Å². The molecule has 0 bridgehead atoms. The Morgan fingerprint density at radius 1 is 0.800 bits per heavy atom. The van der Waals surface area contributed by atoms with Gasteiger partial charge in [0.25, 0.3) is 5.91 Å². The third-order valence-electron chi connectivity index (χ3n) is 5.75. The molecule has 4 rings (SSSR count). The van der Waals surface area contributed by atoms with Gasteiger partial charge >= 0.3 is 0 Å². The molecule has 1 heterocycles. The van der Waals surface area contributed by atoms with Gasteiger partial charge in [0.15, 0.2) is 0 Å². The Morgan fingerprint density at radius 3 is 2.14 bits per heavy atom. The maximum Gasteiger partial charge on any atom is 0.255 e. The maximum absolute atomic E-state index is 12.8. The van der Waals surface area contributed by atoms with E-state index < -0.39 is 10.0 Å². The second-order valence-corrected chi connectivity index (χ2v) is 10.3. The number of benzene rings is 3. The minimum atomic E-state index is -3.49. The number of hydrogen-bond donors (Lipinski definition) is 2. The summed E-state index contributed by atoms with van der Waals surface area (Å²) in [5, 5.41) is 5.56. The van der Waals surface area contributed by atoms with Gasteiger partial charge in [-0.25, -0.2) is 8.42 Å². The number of carbonyl (C=O) groups excluding carboxylic acids is 2. The second-order valence-electron chi connectivity index (χ2n) is 8.41. The predicted octanol–water partition coefficient (Wildman–Crippen LogP) is 3.40. The summed E-state index contributed by atoms with van der Waals surface area (Å²) >= 11 is 0. The number of rotatable bonds is 7. The van der Waals surface area contributed by atoms with Crippen molar-refractivity contribution in [1.82, 2.24) is 9.21 Å². The molecular formula is C26H28N4O4S. The number of nitrogens with zero attached hydrogens (tertiary/aromatic N) is 2. The number of carbonyl (C=O) groups is 2. The fourth-order valence-corrected chi connectivity index (χ4v) is 5.46. The minimum Gasteiger partial charge on any atom is -0.326 e. The lowest BCUT2D eigenvalue weighted by molar-refractivity contribution is -0.114. The van der Waals surface area contributed by atoms with E-state index in [9.17, 15) is 18.0 Å². The molecule has 1 saturated heterocycles. The fourth-order valence-electron chi connectivity index (χ4n) is 4.02. The van der Waals surface area contributed by atoms with Gasteiger partial charge in [0.1, 0.15) is 0 Å².